The molecule has 17 rings (SSSR count). The topological polar surface area (TPSA) is 250 Å². The van der Waals surface area contributed by atoms with Crippen molar-refractivity contribution in [3.8, 4) is 22.5 Å². The fourth-order valence-electron chi connectivity index (χ4n) is 12.0. The third kappa shape index (κ3) is 24.1. The largest absolute Gasteiger partial charge is 0.494 e. The van der Waals surface area contributed by atoms with Gasteiger partial charge in [0.25, 0.3) is 0 Å². The van der Waals surface area contributed by atoms with Crippen LogP contribution in [0.25, 0.3) is 66.1 Å². The molecule has 0 saturated carbocycles. The van der Waals surface area contributed by atoms with Crippen molar-refractivity contribution in [3.63, 3.8) is 0 Å². The van der Waals surface area contributed by atoms with Crippen LogP contribution in [0.1, 0.15) is 144 Å². The highest BCUT2D eigenvalue weighted by atomic mass is 127. The Bertz CT molecular complexity index is 5630. The second-order valence-electron chi connectivity index (χ2n) is 27.3. The smallest absolute Gasteiger partial charge is 0.399 e. The van der Waals surface area contributed by atoms with Gasteiger partial charge in [-0.15, -0.1) is 0 Å². The number of fused-ring (bicyclic) bond motifs is 4. The zero-order valence-electron chi connectivity index (χ0n) is 62.4. The number of halogens is 4. The SMILES string of the molecule is Brc1cccc(C2=NN=CC2)c1.C.C.C.C.C[C@@H](N)c1ccccc1.C[C@@H](Nc1ncnc2ccc(-c3cccc(-c4ncn[nH]4)c3)cc12)c1ccccc1.C[C@@H](Nc1ncnc2ccc(B3OC(C)(C)C(C)(C)O3)cc12)c1ccccc1.C[C@@H](Nc1ncnc2ccc(I)cc12)c1ccccc1.Clc1ncnc2ccc(I)cc12. The van der Waals surface area contributed by atoms with Gasteiger partial charge in [-0.3, -0.25) is 5.10 Å². The average molecular weight is 1840 g/mol. The van der Waals surface area contributed by atoms with E-state index in [1.807, 2.05) is 165 Å². The molecule has 0 unspecified atom stereocenters. The minimum atomic E-state index is -0.408. The molecule has 590 valence electrons. The summed E-state index contributed by atoms with van der Waals surface area (Å²) in [6.45, 7) is 16.6. The van der Waals surface area contributed by atoms with Gasteiger partial charge in [0.05, 0.1) is 39.0 Å². The highest BCUT2D eigenvalue weighted by Gasteiger charge is 2.51. The number of nitrogens with zero attached hydrogens (tertiary/aromatic N) is 12. The Kier molecular flexibility index (Phi) is 33.6. The van der Waals surface area contributed by atoms with Crippen LogP contribution < -0.4 is 27.1 Å². The van der Waals surface area contributed by atoms with Gasteiger partial charge < -0.3 is 31.0 Å². The van der Waals surface area contributed by atoms with Crippen molar-refractivity contribution >= 4 is 158 Å². The Hall–Kier alpha value is -10.4. The molecule has 7 heterocycles. The van der Waals surface area contributed by atoms with Gasteiger partial charge in [-0.2, -0.15) is 15.3 Å². The number of benzene rings is 10. The number of nitrogens with one attached hydrogen (secondary N) is 4. The fourth-order valence-corrected chi connectivity index (χ4v) is 13.5. The van der Waals surface area contributed by atoms with E-state index in [1.54, 1.807) is 19.0 Å². The third-order valence-electron chi connectivity index (χ3n) is 18.8. The minimum absolute atomic E-state index is 0. The summed E-state index contributed by atoms with van der Waals surface area (Å²) in [5.41, 5.74) is 19.7. The van der Waals surface area contributed by atoms with Crippen LogP contribution in [-0.2, 0) is 9.31 Å². The molecule has 2 aliphatic heterocycles. The summed E-state index contributed by atoms with van der Waals surface area (Å²) >= 11 is 13.8. The Morgan fingerprint density at radius 3 is 1.31 bits per heavy atom. The van der Waals surface area contributed by atoms with Crippen LogP contribution >= 0.6 is 72.7 Å². The summed E-state index contributed by atoms with van der Waals surface area (Å²) in [7, 11) is -0.408. The number of aromatic amines is 1. The quantitative estimate of drug-likeness (QED) is 0.0386. The lowest BCUT2D eigenvalue weighted by Crippen LogP contribution is -2.41. The highest BCUT2D eigenvalue weighted by Crippen LogP contribution is 2.38. The summed E-state index contributed by atoms with van der Waals surface area (Å²) in [6, 6.07) is 82.4. The molecule has 1 saturated heterocycles. The van der Waals surface area contributed by atoms with Crippen molar-refractivity contribution in [1.29, 1.82) is 0 Å². The predicted octanol–water partition coefficient (Wildman–Crippen LogP) is 23.5. The van der Waals surface area contributed by atoms with Crippen molar-refractivity contribution in [2.24, 2.45) is 15.9 Å². The van der Waals surface area contributed by atoms with Gasteiger partial charge in [-0.05, 0) is 224 Å². The lowest BCUT2D eigenvalue weighted by Gasteiger charge is -2.32. The van der Waals surface area contributed by atoms with Crippen LogP contribution in [0, 0.1) is 7.14 Å². The Morgan fingerprint density at radius 2 is 0.852 bits per heavy atom. The Balaban J connectivity index is 0.000000180. The number of H-pyrrole nitrogens is 1. The lowest BCUT2D eigenvalue weighted by atomic mass is 9.78. The van der Waals surface area contributed by atoms with Crippen LogP contribution in [0.15, 0.2) is 289 Å². The maximum Gasteiger partial charge on any atom is 0.494 e. The number of hydrogen-bond donors (Lipinski definition) is 5. The van der Waals surface area contributed by atoms with Crippen LogP contribution in [0.3, 0.4) is 0 Å². The van der Waals surface area contributed by atoms with Gasteiger partial charge in [0.15, 0.2) is 5.82 Å². The highest BCUT2D eigenvalue weighted by molar-refractivity contribution is 14.1. The van der Waals surface area contributed by atoms with Crippen LogP contribution in [-0.4, -0.2) is 85.3 Å². The lowest BCUT2D eigenvalue weighted by molar-refractivity contribution is 0.00578. The molecule has 0 aliphatic carbocycles. The van der Waals surface area contributed by atoms with Crippen molar-refractivity contribution < 1.29 is 9.31 Å². The summed E-state index contributed by atoms with van der Waals surface area (Å²) in [5.74, 6) is 3.26. The van der Waals surface area contributed by atoms with E-state index in [2.05, 4.69) is 282 Å². The Morgan fingerprint density at radius 1 is 0.435 bits per heavy atom. The maximum atomic E-state index is 6.21. The fraction of sp³-hybridized carbons (Fsp3) is 0.209. The van der Waals surface area contributed by atoms with E-state index in [9.17, 15) is 0 Å². The number of aromatic nitrogens is 11. The van der Waals surface area contributed by atoms with E-state index >= 15 is 0 Å². The summed E-state index contributed by atoms with van der Waals surface area (Å²) in [6.07, 6.45) is 10.4. The number of rotatable bonds is 14. The van der Waals surface area contributed by atoms with E-state index < -0.39 is 7.12 Å². The first-order chi connectivity index (χ1) is 53.7. The molecule has 24 heteroatoms. The zero-order valence-corrected chi connectivity index (χ0v) is 69.1. The standard InChI is InChI=1S/C24H20N6.C22H26BN3O2.C16H14IN3.C9H7BrN2.C8H4ClIN2.C8H11N.4CH4/c1-16(17-6-3-2-4-7-17)29-24-21-13-19(10-11-22(21)25-14-26-24)18-8-5-9-20(12-18)23-27-15-28-30-23;1-15(16-9-7-6-8-10-16)26-20-18-13-17(11-12-19(18)24-14-25-20)23-27-21(2,3)22(4,5)28-23;1-11(12-5-3-2-4-6-12)20-16-14-9-13(17)7-8-15(14)18-10-19-16;10-8-3-1-2-7(6-8)9-4-5-11-12-9;9-8-6-3-5(10)1-2-7(6)11-4-12-8;1-7(9)8-5-3-2-4-6-8;;;;/h2-16H,1H3,(H,25,26,29)(H,27,28,30);6-15H,1-5H3,(H,24,25,26);2-11H,1H3,(H,18,19,20);1-3,5-6H,4H2;1-4H;2-7H,9H2,1H3;4*1H4/t16-;15-;11-;;;7-;;;;/m111..1..../s1. The molecule has 4 atom stereocenters. The molecule has 0 amide bonds. The average Bonchev–Trinajstić information content (AvgIpc) is 1.74. The van der Waals surface area contributed by atoms with Gasteiger partial charge in [0.2, 0.25) is 0 Å². The first-order valence-electron chi connectivity index (χ1n) is 36.1. The monoisotopic (exact) mass is 1840 g/mol. The van der Waals surface area contributed by atoms with E-state index in [-0.39, 0.29) is 65.1 Å². The third-order valence-corrected chi connectivity index (χ3v) is 21.0. The molecule has 115 heavy (non-hydrogen) atoms. The second kappa shape index (κ2) is 42.8. The van der Waals surface area contributed by atoms with Crippen molar-refractivity contribution in [2.75, 3.05) is 16.0 Å². The first kappa shape index (κ1) is 90.2. The molecular weight excluding hydrogens is 1740 g/mol. The Labute approximate surface area is 716 Å². The van der Waals surface area contributed by atoms with Gasteiger partial charge in [0.1, 0.15) is 54.2 Å². The van der Waals surface area contributed by atoms with Crippen LogP contribution in [0.5, 0.6) is 0 Å². The molecule has 5 aromatic heterocycles. The van der Waals surface area contributed by atoms with Gasteiger partial charge >= 0.3 is 7.12 Å². The summed E-state index contributed by atoms with van der Waals surface area (Å²) in [4.78, 5) is 38.8. The van der Waals surface area contributed by atoms with E-state index in [0.717, 1.165) is 115 Å². The molecule has 0 radical (unpaired) electrons. The molecule has 0 spiro atoms. The zero-order chi connectivity index (χ0) is 77.9. The predicted molar refractivity (Wildman–Crippen MR) is 500 cm³/mol. The van der Waals surface area contributed by atoms with E-state index in [1.165, 1.54) is 38.5 Å². The number of anilines is 3. The molecular formula is C91H98BBrClI2N17O2. The molecule has 2 aliphatic rings. The first-order valence-corrected chi connectivity index (χ1v) is 39.4. The van der Waals surface area contributed by atoms with Crippen molar-refractivity contribution in [1.82, 2.24) is 55.1 Å². The normalized spacial score (nSPS) is 13.6. The molecule has 0 bridgehead atoms. The van der Waals surface area contributed by atoms with Gasteiger partial charge in [-0.25, -0.2) is 44.9 Å². The van der Waals surface area contributed by atoms with Gasteiger partial charge in [-0.1, -0.05) is 221 Å². The van der Waals surface area contributed by atoms with Crippen LogP contribution in [0.4, 0.5) is 17.5 Å². The number of nitrogens with two attached hydrogens (primary N) is 1. The summed E-state index contributed by atoms with van der Waals surface area (Å²) in [5, 5.41) is 29.6. The number of hydrogen-bond acceptors (Lipinski definition) is 18. The van der Waals surface area contributed by atoms with Gasteiger partial charge in [0, 0.05) is 75.5 Å². The molecule has 1 fully saturated rings. The maximum absolute atomic E-state index is 6.21. The van der Waals surface area contributed by atoms with Crippen LogP contribution in [0.2, 0.25) is 5.15 Å². The van der Waals surface area contributed by atoms with E-state index in [0.29, 0.717) is 5.15 Å². The van der Waals surface area contributed by atoms with Crippen molar-refractivity contribution in [2.45, 2.75) is 127 Å². The molecule has 6 N–H and O–H groups in total. The van der Waals surface area contributed by atoms with E-state index in [4.69, 9.17) is 26.6 Å². The molecule has 10 aromatic carbocycles. The molecule has 15 aromatic rings. The minimum Gasteiger partial charge on any atom is -0.399 e. The van der Waals surface area contributed by atoms with Crippen molar-refractivity contribution in [3.05, 3.63) is 319 Å². The second-order valence-corrected chi connectivity index (χ2v) is 31.0. The molecule has 19 nitrogen and oxygen atoms in total. The summed E-state index contributed by atoms with van der Waals surface area (Å²) < 4.78 is 15.8.